The number of nitrogens with zero attached hydrogens (tertiary/aromatic N) is 2. The molecule has 6 nitrogen and oxygen atoms in total. The lowest BCUT2D eigenvalue weighted by molar-refractivity contribution is -0.120. The molecule has 0 unspecified atom stereocenters. The summed E-state index contributed by atoms with van der Waals surface area (Å²) in [5, 5.41) is 15.8. The summed E-state index contributed by atoms with van der Waals surface area (Å²) >= 11 is 1.65. The molecule has 0 bridgehead atoms. The summed E-state index contributed by atoms with van der Waals surface area (Å²) in [5.41, 5.74) is 2.27. The van der Waals surface area contributed by atoms with Gasteiger partial charge in [0.2, 0.25) is 5.91 Å². The van der Waals surface area contributed by atoms with E-state index in [4.69, 9.17) is 5.11 Å². The van der Waals surface area contributed by atoms with Crippen molar-refractivity contribution in [2.75, 3.05) is 25.0 Å². The second kappa shape index (κ2) is 8.73. The highest BCUT2D eigenvalue weighted by Crippen LogP contribution is 2.40. The van der Waals surface area contributed by atoms with Gasteiger partial charge in [0.1, 0.15) is 17.0 Å². The van der Waals surface area contributed by atoms with E-state index in [0.717, 1.165) is 27.2 Å². The van der Waals surface area contributed by atoms with Crippen molar-refractivity contribution >= 4 is 33.3 Å². The van der Waals surface area contributed by atoms with E-state index >= 15 is 0 Å². The molecule has 0 aliphatic carbocycles. The Kier molecular flexibility index (Phi) is 6.14. The molecule has 3 rings (SSSR count). The highest BCUT2D eigenvalue weighted by molar-refractivity contribution is 7.19. The molecule has 0 fully saturated rings. The third-order valence-corrected chi connectivity index (χ3v) is 5.04. The van der Waals surface area contributed by atoms with Crippen molar-refractivity contribution in [1.82, 2.24) is 15.3 Å². The molecule has 0 aliphatic heterocycles. The summed E-state index contributed by atoms with van der Waals surface area (Å²) in [6.45, 7) is 3.15. The van der Waals surface area contributed by atoms with Gasteiger partial charge in [-0.2, -0.15) is 0 Å². The summed E-state index contributed by atoms with van der Waals surface area (Å²) in [4.78, 5) is 22.7. The van der Waals surface area contributed by atoms with Gasteiger partial charge < -0.3 is 15.7 Å². The van der Waals surface area contributed by atoms with E-state index in [0.29, 0.717) is 25.9 Å². The highest BCUT2D eigenvalue weighted by Gasteiger charge is 2.16. The van der Waals surface area contributed by atoms with Crippen molar-refractivity contribution in [3.63, 3.8) is 0 Å². The monoisotopic (exact) mass is 370 g/mol. The van der Waals surface area contributed by atoms with E-state index < -0.39 is 0 Å². The number of fused-ring (bicyclic) bond motifs is 1. The molecule has 2 aromatic heterocycles. The molecule has 0 saturated heterocycles. The SMILES string of the molecule is Cc1sc2ncnc(NCCC(=O)NCCCO)c2c1-c1ccccc1. The lowest BCUT2D eigenvalue weighted by Gasteiger charge is -2.09. The highest BCUT2D eigenvalue weighted by atomic mass is 32.1. The maximum atomic E-state index is 11.8. The molecular weight excluding hydrogens is 348 g/mol. The Morgan fingerprint density at radius 3 is 2.77 bits per heavy atom. The minimum absolute atomic E-state index is 0.0407. The van der Waals surface area contributed by atoms with Crippen LogP contribution in [-0.4, -0.2) is 40.7 Å². The van der Waals surface area contributed by atoms with Crippen molar-refractivity contribution in [3.8, 4) is 11.1 Å². The number of nitrogens with one attached hydrogen (secondary N) is 2. The van der Waals surface area contributed by atoms with Crippen LogP contribution in [0.4, 0.5) is 5.82 Å². The standard InChI is InChI=1S/C19H22N4O2S/c1-13-16(14-6-3-2-4-7-14)17-18(22-12-23-19(17)26-13)21-10-8-15(25)20-9-5-11-24/h2-4,6-7,12,24H,5,8-11H2,1H3,(H,20,25)(H,21,22,23). The van der Waals surface area contributed by atoms with Crippen molar-refractivity contribution < 1.29 is 9.90 Å². The van der Waals surface area contributed by atoms with Crippen molar-refractivity contribution in [2.45, 2.75) is 19.8 Å². The fourth-order valence-corrected chi connectivity index (χ4v) is 3.83. The van der Waals surface area contributed by atoms with Gasteiger partial charge in [0.25, 0.3) is 0 Å². The first kappa shape index (κ1) is 18.3. The van der Waals surface area contributed by atoms with Gasteiger partial charge in [0, 0.05) is 36.6 Å². The van der Waals surface area contributed by atoms with Gasteiger partial charge in [-0.05, 0) is 18.9 Å². The van der Waals surface area contributed by atoms with Gasteiger partial charge in [-0.3, -0.25) is 4.79 Å². The van der Waals surface area contributed by atoms with Crippen molar-refractivity contribution in [3.05, 3.63) is 41.5 Å². The minimum Gasteiger partial charge on any atom is -0.396 e. The molecule has 1 aromatic carbocycles. The Hall–Kier alpha value is -2.51. The first-order valence-electron chi connectivity index (χ1n) is 8.61. The van der Waals surface area contributed by atoms with E-state index in [-0.39, 0.29) is 12.5 Å². The molecule has 0 saturated carbocycles. The third-order valence-electron chi connectivity index (χ3n) is 4.03. The van der Waals surface area contributed by atoms with Gasteiger partial charge in [0.05, 0.1) is 5.39 Å². The van der Waals surface area contributed by atoms with Crippen LogP contribution in [0.25, 0.3) is 21.3 Å². The fraction of sp³-hybridized carbons (Fsp3) is 0.316. The number of aliphatic hydroxyl groups excluding tert-OH is 1. The number of thiophene rings is 1. The number of aryl methyl sites for hydroxylation is 1. The van der Waals surface area contributed by atoms with Crippen LogP contribution in [0.5, 0.6) is 0 Å². The predicted octanol–water partition coefficient (Wildman–Crippen LogP) is 2.97. The molecular formula is C19H22N4O2S. The van der Waals surface area contributed by atoms with Crippen LogP contribution >= 0.6 is 11.3 Å². The smallest absolute Gasteiger partial charge is 0.221 e. The molecule has 0 spiro atoms. The molecule has 0 aliphatic rings. The Morgan fingerprint density at radius 1 is 1.19 bits per heavy atom. The van der Waals surface area contributed by atoms with E-state index in [9.17, 15) is 4.79 Å². The molecule has 1 amide bonds. The van der Waals surface area contributed by atoms with Gasteiger partial charge in [-0.25, -0.2) is 9.97 Å². The van der Waals surface area contributed by atoms with Gasteiger partial charge in [-0.1, -0.05) is 30.3 Å². The molecule has 26 heavy (non-hydrogen) atoms. The molecule has 2 heterocycles. The maximum absolute atomic E-state index is 11.8. The number of aliphatic hydroxyl groups is 1. The number of aromatic nitrogens is 2. The number of rotatable bonds is 8. The zero-order valence-corrected chi connectivity index (χ0v) is 15.5. The average molecular weight is 370 g/mol. The van der Waals surface area contributed by atoms with Crippen LogP contribution in [0.1, 0.15) is 17.7 Å². The Bertz CT molecular complexity index is 880. The number of anilines is 1. The summed E-state index contributed by atoms with van der Waals surface area (Å²) in [5.74, 6) is 0.711. The van der Waals surface area contributed by atoms with Crippen LogP contribution in [0.2, 0.25) is 0 Å². The van der Waals surface area contributed by atoms with E-state index in [1.165, 1.54) is 4.88 Å². The van der Waals surface area contributed by atoms with Crippen LogP contribution in [0.15, 0.2) is 36.7 Å². The number of benzene rings is 1. The van der Waals surface area contributed by atoms with Crippen LogP contribution in [-0.2, 0) is 4.79 Å². The summed E-state index contributed by atoms with van der Waals surface area (Å²) in [6.07, 6.45) is 2.47. The second-order valence-electron chi connectivity index (χ2n) is 5.91. The molecule has 3 aromatic rings. The molecule has 3 N–H and O–H groups in total. The summed E-state index contributed by atoms with van der Waals surface area (Å²) in [6, 6.07) is 10.2. The normalized spacial score (nSPS) is 10.8. The maximum Gasteiger partial charge on any atom is 0.221 e. The number of hydrogen-bond donors (Lipinski definition) is 3. The Labute approximate surface area is 156 Å². The zero-order valence-electron chi connectivity index (χ0n) is 14.7. The number of amides is 1. The molecule has 0 atom stereocenters. The fourth-order valence-electron chi connectivity index (χ4n) is 2.82. The molecule has 0 radical (unpaired) electrons. The molecule has 7 heteroatoms. The van der Waals surface area contributed by atoms with E-state index in [1.807, 2.05) is 18.2 Å². The summed E-state index contributed by atoms with van der Waals surface area (Å²) in [7, 11) is 0. The number of carbonyl (C=O) groups excluding carboxylic acids is 1. The lowest BCUT2D eigenvalue weighted by atomic mass is 10.0. The van der Waals surface area contributed by atoms with Crippen LogP contribution in [0, 0.1) is 6.92 Å². The average Bonchev–Trinajstić information content (AvgIpc) is 2.99. The van der Waals surface area contributed by atoms with Crippen molar-refractivity contribution in [2.24, 2.45) is 0 Å². The minimum atomic E-state index is -0.0407. The second-order valence-corrected chi connectivity index (χ2v) is 7.11. The third kappa shape index (κ3) is 4.17. The Morgan fingerprint density at radius 2 is 2.00 bits per heavy atom. The predicted molar refractivity (Wildman–Crippen MR) is 105 cm³/mol. The summed E-state index contributed by atoms with van der Waals surface area (Å²) < 4.78 is 0. The van der Waals surface area contributed by atoms with Crippen molar-refractivity contribution in [1.29, 1.82) is 0 Å². The molecule has 136 valence electrons. The first-order valence-corrected chi connectivity index (χ1v) is 9.43. The van der Waals surface area contributed by atoms with Crippen LogP contribution in [0.3, 0.4) is 0 Å². The lowest BCUT2D eigenvalue weighted by Crippen LogP contribution is -2.26. The van der Waals surface area contributed by atoms with E-state index in [1.54, 1.807) is 17.7 Å². The zero-order chi connectivity index (χ0) is 18.4. The number of carbonyl (C=O) groups is 1. The largest absolute Gasteiger partial charge is 0.396 e. The number of hydrogen-bond acceptors (Lipinski definition) is 6. The van der Waals surface area contributed by atoms with E-state index in [2.05, 4.69) is 39.7 Å². The Balaban J connectivity index is 1.78. The van der Waals surface area contributed by atoms with Gasteiger partial charge in [0.15, 0.2) is 0 Å². The van der Waals surface area contributed by atoms with Crippen LogP contribution < -0.4 is 10.6 Å². The quantitative estimate of drug-likeness (QED) is 0.531. The first-order chi connectivity index (χ1) is 12.7. The van der Waals surface area contributed by atoms with Gasteiger partial charge >= 0.3 is 0 Å². The topological polar surface area (TPSA) is 87.1 Å². The van der Waals surface area contributed by atoms with Gasteiger partial charge in [-0.15, -0.1) is 11.3 Å².